The molecule has 1 aromatic rings. The summed E-state index contributed by atoms with van der Waals surface area (Å²) in [4.78, 5) is 0. The molecule has 0 aromatic carbocycles. The number of thioether (sulfide) groups is 1. The van der Waals surface area contributed by atoms with E-state index in [1.54, 1.807) is 0 Å². The van der Waals surface area contributed by atoms with Crippen LogP contribution in [0, 0.1) is 13.8 Å². The lowest BCUT2D eigenvalue weighted by molar-refractivity contribution is 0.675. The third-order valence-corrected chi connectivity index (χ3v) is 3.67. The highest BCUT2D eigenvalue weighted by atomic mass is 32.2. The molecule has 2 nitrogen and oxygen atoms in total. The lowest BCUT2D eigenvalue weighted by atomic mass is 10.3. The Hall–Kier alpha value is -0.570. The molecule has 1 aromatic heterocycles. The van der Waals surface area contributed by atoms with Crippen molar-refractivity contribution < 1.29 is 0 Å². The third kappa shape index (κ3) is 1.85. The van der Waals surface area contributed by atoms with E-state index in [2.05, 4.69) is 36.1 Å². The maximum absolute atomic E-state index is 3.55. The van der Waals surface area contributed by atoms with E-state index in [1.165, 1.54) is 29.3 Å². The maximum atomic E-state index is 3.55. The minimum atomic E-state index is 0.662. The molecule has 1 aliphatic heterocycles. The standard InChI is InChI=1S/C10H16N2S/c1-8-3-4-9(2)12(8)11-10-5-6-13-7-10/h3-4,10-11H,5-7H2,1-2H3. The first-order valence-electron chi connectivity index (χ1n) is 4.76. The molecule has 1 saturated heterocycles. The normalized spacial score (nSPS) is 22.2. The number of hydrogen-bond acceptors (Lipinski definition) is 2. The van der Waals surface area contributed by atoms with Crippen LogP contribution in [-0.2, 0) is 0 Å². The summed E-state index contributed by atoms with van der Waals surface area (Å²) >= 11 is 2.04. The Morgan fingerprint density at radius 2 is 2.08 bits per heavy atom. The van der Waals surface area contributed by atoms with E-state index < -0.39 is 0 Å². The Morgan fingerprint density at radius 1 is 1.38 bits per heavy atom. The smallest absolute Gasteiger partial charge is 0.0522 e. The highest BCUT2D eigenvalue weighted by Crippen LogP contribution is 2.18. The van der Waals surface area contributed by atoms with Crippen LogP contribution in [0.4, 0.5) is 0 Å². The largest absolute Gasteiger partial charge is 0.322 e. The van der Waals surface area contributed by atoms with Gasteiger partial charge in [-0.2, -0.15) is 11.8 Å². The molecule has 1 N–H and O–H groups in total. The summed E-state index contributed by atoms with van der Waals surface area (Å²) in [5.74, 6) is 2.55. The predicted octanol–water partition coefficient (Wildman–Crippen LogP) is 2.15. The number of aryl methyl sites for hydroxylation is 2. The fourth-order valence-electron chi connectivity index (χ4n) is 1.69. The first-order valence-corrected chi connectivity index (χ1v) is 5.92. The first kappa shape index (κ1) is 9.00. The van der Waals surface area contributed by atoms with E-state index in [0.29, 0.717) is 6.04 Å². The van der Waals surface area contributed by atoms with Gasteiger partial charge in [-0.3, -0.25) is 4.68 Å². The molecule has 72 valence electrons. The maximum Gasteiger partial charge on any atom is 0.0522 e. The molecule has 0 radical (unpaired) electrons. The molecular formula is C10H16N2S. The van der Waals surface area contributed by atoms with Crippen LogP contribution in [0.3, 0.4) is 0 Å². The second kappa shape index (κ2) is 3.66. The topological polar surface area (TPSA) is 17.0 Å². The van der Waals surface area contributed by atoms with Crippen LogP contribution in [0.5, 0.6) is 0 Å². The molecule has 0 spiro atoms. The summed E-state index contributed by atoms with van der Waals surface area (Å²) in [6, 6.07) is 4.98. The minimum Gasteiger partial charge on any atom is -0.322 e. The average Bonchev–Trinajstić information content (AvgIpc) is 2.70. The van der Waals surface area contributed by atoms with E-state index in [-0.39, 0.29) is 0 Å². The van der Waals surface area contributed by atoms with Crippen molar-refractivity contribution in [1.82, 2.24) is 4.68 Å². The molecule has 3 heteroatoms. The van der Waals surface area contributed by atoms with Gasteiger partial charge in [0.05, 0.1) is 6.04 Å². The third-order valence-electron chi connectivity index (χ3n) is 2.51. The Morgan fingerprint density at radius 3 is 2.62 bits per heavy atom. The van der Waals surface area contributed by atoms with Gasteiger partial charge in [-0.25, -0.2) is 0 Å². The van der Waals surface area contributed by atoms with Crippen LogP contribution in [0.15, 0.2) is 12.1 Å². The molecule has 0 amide bonds. The molecule has 1 aliphatic rings. The monoisotopic (exact) mass is 196 g/mol. The second-order valence-corrected chi connectivity index (χ2v) is 4.79. The predicted molar refractivity (Wildman–Crippen MR) is 59.0 cm³/mol. The number of nitrogens with zero attached hydrogens (tertiary/aromatic N) is 1. The lowest BCUT2D eigenvalue weighted by Gasteiger charge is -2.17. The summed E-state index contributed by atoms with van der Waals surface area (Å²) in [6.07, 6.45) is 1.29. The summed E-state index contributed by atoms with van der Waals surface area (Å²) in [5.41, 5.74) is 6.15. The van der Waals surface area contributed by atoms with Gasteiger partial charge in [-0.15, -0.1) is 0 Å². The number of nitrogens with one attached hydrogen (secondary N) is 1. The van der Waals surface area contributed by atoms with E-state index >= 15 is 0 Å². The molecule has 2 heterocycles. The van der Waals surface area contributed by atoms with E-state index in [9.17, 15) is 0 Å². The van der Waals surface area contributed by atoms with Crippen molar-refractivity contribution in [3.8, 4) is 0 Å². The summed E-state index contributed by atoms with van der Waals surface area (Å²) in [6.45, 7) is 4.28. The van der Waals surface area contributed by atoms with Crippen molar-refractivity contribution in [1.29, 1.82) is 0 Å². The highest BCUT2D eigenvalue weighted by Gasteiger charge is 2.15. The van der Waals surface area contributed by atoms with Crippen molar-refractivity contribution in [2.75, 3.05) is 16.9 Å². The van der Waals surface area contributed by atoms with Crippen molar-refractivity contribution in [3.05, 3.63) is 23.5 Å². The van der Waals surface area contributed by atoms with Gasteiger partial charge < -0.3 is 5.43 Å². The fourth-order valence-corrected chi connectivity index (χ4v) is 2.83. The quantitative estimate of drug-likeness (QED) is 0.780. The van der Waals surface area contributed by atoms with Crippen LogP contribution < -0.4 is 5.43 Å². The SMILES string of the molecule is Cc1ccc(C)n1NC1CCSC1. The Labute approximate surface area is 83.7 Å². The summed E-state index contributed by atoms with van der Waals surface area (Å²) in [7, 11) is 0. The summed E-state index contributed by atoms with van der Waals surface area (Å²) in [5, 5.41) is 0. The van der Waals surface area contributed by atoms with E-state index in [1.807, 2.05) is 11.8 Å². The van der Waals surface area contributed by atoms with Crippen LogP contribution in [0.1, 0.15) is 17.8 Å². The Balaban J connectivity index is 2.07. The van der Waals surface area contributed by atoms with Crippen LogP contribution >= 0.6 is 11.8 Å². The Kier molecular flexibility index (Phi) is 2.54. The van der Waals surface area contributed by atoms with Crippen molar-refractivity contribution in [3.63, 3.8) is 0 Å². The zero-order valence-corrected chi connectivity index (χ0v) is 9.03. The van der Waals surface area contributed by atoms with Gasteiger partial charge in [0.1, 0.15) is 0 Å². The molecule has 0 bridgehead atoms. The van der Waals surface area contributed by atoms with Gasteiger partial charge in [0.15, 0.2) is 0 Å². The Bertz CT molecular complexity index is 268. The fraction of sp³-hybridized carbons (Fsp3) is 0.600. The average molecular weight is 196 g/mol. The van der Waals surface area contributed by atoms with Crippen molar-refractivity contribution in [2.45, 2.75) is 26.3 Å². The molecule has 1 fully saturated rings. The zero-order valence-electron chi connectivity index (χ0n) is 8.21. The van der Waals surface area contributed by atoms with Gasteiger partial charge in [0.25, 0.3) is 0 Å². The van der Waals surface area contributed by atoms with Gasteiger partial charge >= 0.3 is 0 Å². The van der Waals surface area contributed by atoms with E-state index in [0.717, 1.165) is 0 Å². The van der Waals surface area contributed by atoms with Gasteiger partial charge in [0.2, 0.25) is 0 Å². The highest BCUT2D eigenvalue weighted by molar-refractivity contribution is 7.99. The number of aromatic nitrogens is 1. The van der Waals surface area contributed by atoms with Crippen LogP contribution in [0.2, 0.25) is 0 Å². The molecule has 0 aliphatic carbocycles. The summed E-state index contributed by atoms with van der Waals surface area (Å²) < 4.78 is 2.20. The minimum absolute atomic E-state index is 0.662. The molecular weight excluding hydrogens is 180 g/mol. The van der Waals surface area contributed by atoms with Crippen LogP contribution in [-0.4, -0.2) is 22.2 Å². The molecule has 13 heavy (non-hydrogen) atoms. The molecule has 1 atom stereocenters. The zero-order chi connectivity index (χ0) is 9.26. The van der Waals surface area contributed by atoms with Gasteiger partial charge in [-0.1, -0.05) is 0 Å². The molecule has 1 unspecified atom stereocenters. The number of hydrogen-bond donors (Lipinski definition) is 1. The first-order chi connectivity index (χ1) is 6.27. The van der Waals surface area contributed by atoms with Gasteiger partial charge in [0, 0.05) is 17.1 Å². The second-order valence-electron chi connectivity index (χ2n) is 3.64. The lowest BCUT2D eigenvalue weighted by Crippen LogP contribution is -2.28. The van der Waals surface area contributed by atoms with Crippen molar-refractivity contribution >= 4 is 11.8 Å². The van der Waals surface area contributed by atoms with Crippen LogP contribution in [0.25, 0.3) is 0 Å². The molecule has 2 rings (SSSR count). The van der Waals surface area contributed by atoms with Crippen molar-refractivity contribution in [2.24, 2.45) is 0 Å². The number of rotatable bonds is 2. The van der Waals surface area contributed by atoms with Gasteiger partial charge in [-0.05, 0) is 38.2 Å². The van der Waals surface area contributed by atoms with E-state index in [4.69, 9.17) is 0 Å². The molecule has 0 saturated carbocycles.